The van der Waals surface area contributed by atoms with Gasteiger partial charge in [0.1, 0.15) is 16.5 Å². The van der Waals surface area contributed by atoms with Gasteiger partial charge in [-0.25, -0.2) is 9.97 Å². The van der Waals surface area contributed by atoms with Crippen LogP contribution in [0, 0.1) is 6.92 Å². The van der Waals surface area contributed by atoms with Crippen LogP contribution in [0.4, 0.5) is 0 Å². The summed E-state index contributed by atoms with van der Waals surface area (Å²) in [5.74, 6) is -0.599. The lowest BCUT2D eigenvalue weighted by molar-refractivity contribution is -0.106. The molecule has 2 amide bonds. The smallest absolute Gasteiger partial charge is 0.274 e. The van der Waals surface area contributed by atoms with Crippen molar-refractivity contribution >= 4 is 29.2 Å². The Morgan fingerprint density at radius 3 is 2.60 bits per heavy atom. The average Bonchev–Trinajstić information content (AvgIpc) is 3.15. The zero-order valence-electron chi connectivity index (χ0n) is 14.2. The van der Waals surface area contributed by atoms with Crippen LogP contribution in [0.3, 0.4) is 0 Å². The second-order valence-corrected chi connectivity index (χ2v) is 5.87. The summed E-state index contributed by atoms with van der Waals surface area (Å²) in [6, 6.07) is 0. The fourth-order valence-corrected chi connectivity index (χ4v) is 2.82. The minimum absolute atomic E-state index is 0.0553. The number of allylic oxidation sites excluding steroid dienone is 1. The molecule has 0 fully saturated rings. The number of hydrogen-bond donors (Lipinski definition) is 2. The topological polar surface area (TPSA) is 130 Å². The Hall–Kier alpha value is -2.56. The highest BCUT2D eigenvalue weighted by molar-refractivity contribution is 7.09. The van der Waals surface area contributed by atoms with Crippen molar-refractivity contribution in [1.82, 2.24) is 15.3 Å². The van der Waals surface area contributed by atoms with Gasteiger partial charge in [0, 0.05) is 31.4 Å². The van der Waals surface area contributed by atoms with Crippen LogP contribution in [0.2, 0.25) is 0 Å². The summed E-state index contributed by atoms with van der Waals surface area (Å²) in [6.07, 6.45) is 0.864. The second kappa shape index (κ2) is 8.01. The standard InChI is InChI=1S/C15H18N4O5S/c1-7(5-10-19-11(12(16)20)8(2)24-10)17-13(21)9-6-25-14(18-9)15(22-3)23-4/h5-6,15H,1-4H3,(H2,16,20)(H,17,21)/b7-5-. The van der Waals surface area contributed by atoms with E-state index in [4.69, 9.17) is 19.6 Å². The lowest BCUT2D eigenvalue weighted by Crippen LogP contribution is -2.21. The Labute approximate surface area is 147 Å². The van der Waals surface area contributed by atoms with Gasteiger partial charge in [0.15, 0.2) is 5.69 Å². The fraction of sp³-hybridized carbons (Fsp3) is 0.333. The van der Waals surface area contributed by atoms with Gasteiger partial charge >= 0.3 is 0 Å². The first-order valence-electron chi connectivity index (χ1n) is 7.13. The minimum atomic E-state index is -0.677. The van der Waals surface area contributed by atoms with Gasteiger partial charge in [-0.3, -0.25) is 9.59 Å². The number of oxazole rings is 1. The zero-order valence-corrected chi connectivity index (χ0v) is 15.0. The predicted octanol–water partition coefficient (Wildman–Crippen LogP) is 1.62. The third kappa shape index (κ3) is 4.50. The number of nitrogens with zero attached hydrogens (tertiary/aromatic N) is 2. The van der Waals surface area contributed by atoms with Crippen molar-refractivity contribution < 1.29 is 23.5 Å². The van der Waals surface area contributed by atoms with Gasteiger partial charge in [-0.15, -0.1) is 11.3 Å². The van der Waals surface area contributed by atoms with Crippen LogP contribution in [0.25, 0.3) is 6.08 Å². The maximum absolute atomic E-state index is 12.2. The number of thiazole rings is 1. The molecule has 9 nitrogen and oxygen atoms in total. The molecule has 0 bridgehead atoms. The summed E-state index contributed by atoms with van der Waals surface area (Å²) in [5, 5.41) is 4.79. The Kier molecular flexibility index (Phi) is 6.02. The molecule has 0 aliphatic carbocycles. The van der Waals surface area contributed by atoms with Crippen LogP contribution in [-0.2, 0) is 9.47 Å². The van der Waals surface area contributed by atoms with E-state index in [0.29, 0.717) is 16.5 Å². The van der Waals surface area contributed by atoms with Gasteiger partial charge in [0.05, 0.1) is 0 Å². The van der Waals surface area contributed by atoms with E-state index in [1.165, 1.54) is 31.6 Å². The maximum atomic E-state index is 12.2. The molecule has 0 unspecified atom stereocenters. The molecule has 0 spiro atoms. The van der Waals surface area contributed by atoms with Gasteiger partial charge in [-0.2, -0.15) is 0 Å². The normalized spacial score (nSPS) is 11.8. The van der Waals surface area contributed by atoms with Gasteiger partial charge < -0.3 is 24.9 Å². The third-order valence-corrected chi connectivity index (χ3v) is 3.95. The molecule has 2 aromatic rings. The van der Waals surface area contributed by atoms with Gasteiger partial charge in [-0.05, 0) is 13.8 Å². The largest absolute Gasteiger partial charge is 0.441 e. The number of amides is 2. The average molecular weight is 366 g/mol. The molecule has 134 valence electrons. The van der Waals surface area contributed by atoms with Crippen molar-refractivity contribution in [2.24, 2.45) is 5.73 Å². The van der Waals surface area contributed by atoms with Crippen molar-refractivity contribution in [3.63, 3.8) is 0 Å². The third-order valence-electron chi connectivity index (χ3n) is 3.08. The molecule has 2 heterocycles. The number of nitrogens with one attached hydrogen (secondary N) is 1. The molecular formula is C15H18N4O5S. The number of ether oxygens (including phenoxy) is 2. The molecule has 0 atom stereocenters. The van der Waals surface area contributed by atoms with Gasteiger partial charge in [0.25, 0.3) is 11.8 Å². The van der Waals surface area contributed by atoms with E-state index in [1.807, 2.05) is 0 Å². The number of methoxy groups -OCH3 is 2. The van der Waals surface area contributed by atoms with Crippen LogP contribution >= 0.6 is 11.3 Å². The number of aromatic nitrogens is 2. The molecule has 0 aliphatic heterocycles. The summed E-state index contributed by atoms with van der Waals surface area (Å²) in [4.78, 5) is 31.5. The summed E-state index contributed by atoms with van der Waals surface area (Å²) in [6.45, 7) is 3.24. The fourth-order valence-electron chi connectivity index (χ4n) is 1.97. The van der Waals surface area contributed by atoms with E-state index in [-0.39, 0.29) is 17.3 Å². The van der Waals surface area contributed by atoms with Crippen LogP contribution in [0.15, 0.2) is 15.5 Å². The quantitative estimate of drug-likeness (QED) is 0.712. The molecule has 25 heavy (non-hydrogen) atoms. The zero-order chi connectivity index (χ0) is 18.6. The van der Waals surface area contributed by atoms with Gasteiger partial charge in [-0.1, -0.05) is 0 Å². The molecule has 0 aliphatic rings. The molecule has 0 aromatic carbocycles. The van der Waals surface area contributed by atoms with Crippen LogP contribution in [0.1, 0.15) is 50.8 Å². The molecule has 2 aromatic heterocycles. The Morgan fingerprint density at radius 2 is 2.04 bits per heavy atom. The molecule has 0 radical (unpaired) electrons. The van der Waals surface area contributed by atoms with E-state index < -0.39 is 18.1 Å². The Morgan fingerprint density at radius 1 is 1.36 bits per heavy atom. The number of carbonyl (C=O) groups is 2. The van der Waals surface area contributed by atoms with Gasteiger partial charge in [0.2, 0.25) is 12.2 Å². The molecule has 2 rings (SSSR count). The lowest BCUT2D eigenvalue weighted by Gasteiger charge is -2.09. The predicted molar refractivity (Wildman–Crippen MR) is 89.7 cm³/mol. The monoisotopic (exact) mass is 366 g/mol. The highest BCUT2D eigenvalue weighted by atomic mass is 32.1. The highest BCUT2D eigenvalue weighted by Crippen LogP contribution is 2.21. The first kappa shape index (κ1) is 18.8. The first-order chi connectivity index (χ1) is 11.8. The van der Waals surface area contributed by atoms with E-state index >= 15 is 0 Å². The van der Waals surface area contributed by atoms with Crippen molar-refractivity contribution in [2.45, 2.75) is 20.1 Å². The van der Waals surface area contributed by atoms with E-state index in [0.717, 1.165) is 0 Å². The number of aryl methyl sites for hydroxylation is 1. The van der Waals surface area contributed by atoms with Crippen molar-refractivity contribution in [3.8, 4) is 0 Å². The van der Waals surface area contributed by atoms with Crippen molar-refractivity contribution in [3.05, 3.63) is 39.1 Å². The number of rotatable bonds is 7. The number of nitrogens with two attached hydrogens (primary N) is 1. The molecule has 10 heteroatoms. The van der Waals surface area contributed by atoms with Crippen LogP contribution in [0.5, 0.6) is 0 Å². The van der Waals surface area contributed by atoms with Crippen molar-refractivity contribution in [1.29, 1.82) is 0 Å². The van der Waals surface area contributed by atoms with Crippen LogP contribution < -0.4 is 11.1 Å². The maximum Gasteiger partial charge on any atom is 0.274 e. The summed E-state index contributed by atoms with van der Waals surface area (Å²) >= 11 is 1.25. The molecule has 0 saturated heterocycles. The number of primary amides is 1. The summed E-state index contributed by atoms with van der Waals surface area (Å²) < 4.78 is 15.5. The number of hydrogen-bond acceptors (Lipinski definition) is 8. The second-order valence-electron chi connectivity index (χ2n) is 4.98. The highest BCUT2D eigenvalue weighted by Gasteiger charge is 2.18. The molecular weight excluding hydrogens is 348 g/mol. The lowest BCUT2D eigenvalue weighted by atomic mass is 10.3. The Bertz CT molecular complexity index is 807. The number of carbonyl (C=O) groups excluding carboxylic acids is 2. The van der Waals surface area contributed by atoms with Crippen molar-refractivity contribution in [2.75, 3.05) is 14.2 Å². The summed E-state index contributed by atoms with van der Waals surface area (Å²) in [5.41, 5.74) is 5.94. The van der Waals surface area contributed by atoms with E-state index in [2.05, 4.69) is 15.3 Å². The minimum Gasteiger partial charge on any atom is -0.441 e. The Balaban J connectivity index is 2.09. The SMILES string of the molecule is COC(OC)c1nc(C(=O)N/C(C)=C\c2nc(C(N)=O)c(C)o2)cs1. The van der Waals surface area contributed by atoms with Crippen LogP contribution in [-0.4, -0.2) is 36.0 Å². The summed E-state index contributed by atoms with van der Waals surface area (Å²) in [7, 11) is 2.97. The molecule has 3 N–H and O–H groups in total. The van der Waals surface area contributed by atoms with E-state index in [1.54, 1.807) is 19.2 Å². The first-order valence-corrected chi connectivity index (χ1v) is 8.01. The molecule has 0 saturated carbocycles. The van der Waals surface area contributed by atoms with E-state index in [9.17, 15) is 9.59 Å².